The fourth-order valence-corrected chi connectivity index (χ4v) is 4.05. The molecule has 3 rings (SSSR count). The Morgan fingerprint density at radius 1 is 1.08 bits per heavy atom. The van der Waals surface area contributed by atoms with Crippen LogP contribution in [0.2, 0.25) is 5.02 Å². The molecule has 8 nitrogen and oxygen atoms in total. The van der Waals surface area contributed by atoms with Crippen LogP contribution in [0.25, 0.3) is 0 Å². The maximum atomic E-state index is 15.2. The number of halogens is 5. The minimum Gasteiger partial charge on any atom is -0.436 e. The largest absolute Gasteiger partial charge is 0.436 e. The molecule has 0 spiro atoms. The molecule has 0 N–H and O–H groups in total. The van der Waals surface area contributed by atoms with Crippen LogP contribution in [-0.4, -0.2) is 44.0 Å². The van der Waals surface area contributed by atoms with E-state index in [0.29, 0.717) is 10.6 Å². The first kappa shape index (κ1) is 27.7. The second-order valence-corrected chi connectivity index (χ2v) is 10.2. The Bertz CT molecular complexity index is 1290. The van der Waals surface area contributed by atoms with Crippen LogP contribution in [0.15, 0.2) is 53.9 Å². The minimum atomic E-state index is -2.78. The molecule has 0 unspecified atom stereocenters. The summed E-state index contributed by atoms with van der Waals surface area (Å²) in [5.41, 5.74) is 0.356. The number of benzene rings is 2. The summed E-state index contributed by atoms with van der Waals surface area (Å²) in [4.78, 5) is 25.3. The van der Waals surface area contributed by atoms with Gasteiger partial charge in [-0.1, -0.05) is 58.2 Å². The Hall–Kier alpha value is -2.86. The first-order chi connectivity index (χ1) is 17.0. The van der Waals surface area contributed by atoms with Crippen molar-refractivity contribution in [3.05, 3.63) is 70.8 Å². The number of oxime groups is 1. The zero-order valence-electron chi connectivity index (χ0n) is 18.8. The number of para-hydroxylation sites is 1. The Morgan fingerprint density at radius 2 is 1.69 bits per heavy atom. The number of alkyl halides is 3. The van der Waals surface area contributed by atoms with Gasteiger partial charge in [0, 0.05) is 29.6 Å². The lowest BCUT2D eigenvalue weighted by molar-refractivity contribution is -0.118. The molecule has 0 aliphatic heterocycles. The van der Waals surface area contributed by atoms with Crippen molar-refractivity contribution in [3.8, 4) is 23.3 Å². The van der Waals surface area contributed by atoms with Gasteiger partial charge in [-0.25, -0.2) is 0 Å². The van der Waals surface area contributed by atoms with E-state index in [0.717, 1.165) is 10.6 Å². The lowest BCUT2D eigenvalue weighted by Crippen LogP contribution is -2.31. The van der Waals surface area contributed by atoms with Gasteiger partial charge < -0.3 is 14.3 Å². The van der Waals surface area contributed by atoms with Crippen molar-refractivity contribution in [2.45, 2.75) is 10.8 Å². The molecule has 14 heteroatoms. The van der Waals surface area contributed by atoms with Gasteiger partial charge in [0.15, 0.2) is 5.71 Å². The number of likely N-dealkylation sites (N-methyl/N-ethyl adjacent to an activating group) is 1. The number of amides is 1. The predicted molar refractivity (Wildman–Crippen MR) is 134 cm³/mol. The topological polar surface area (TPSA) is 86.1 Å². The molecule has 0 radical (unpaired) electrons. The van der Waals surface area contributed by atoms with Crippen LogP contribution < -0.4 is 9.47 Å². The van der Waals surface area contributed by atoms with Crippen LogP contribution in [0, 0.1) is 12.7 Å². The summed E-state index contributed by atoms with van der Waals surface area (Å²) in [5.74, 6) is -2.49. The van der Waals surface area contributed by atoms with Crippen LogP contribution in [-0.2, 0) is 9.63 Å². The smallest absolute Gasteiger partial charge is 0.323 e. The van der Waals surface area contributed by atoms with Crippen molar-refractivity contribution in [2.24, 2.45) is 5.16 Å². The van der Waals surface area contributed by atoms with Gasteiger partial charge in [-0.3, -0.25) is 9.10 Å². The second-order valence-electron chi connectivity index (χ2n) is 6.82. The van der Waals surface area contributed by atoms with E-state index < -0.39 is 27.4 Å². The molecular weight excluding hydrogens is 561 g/mol. The fraction of sp³-hybridized carbons (Fsp3) is 0.182. The average Bonchev–Trinajstić information content (AvgIpc) is 2.82. The summed E-state index contributed by atoms with van der Waals surface area (Å²) in [5, 5.41) is 4.15. The molecule has 1 aromatic heterocycles. The number of hydrogen-bond acceptors (Lipinski definition) is 8. The SMILES string of the molecule is CO/N=C(\C(=O)N(C)SC(F)(Cl)Cl)c1ccccc1Oc1ncnc(Oc2cccc(Cl)c2C)c1F. The van der Waals surface area contributed by atoms with Gasteiger partial charge in [-0.2, -0.15) is 18.7 Å². The summed E-state index contributed by atoms with van der Waals surface area (Å²) < 4.78 is 38.1. The standard InChI is InChI=1S/C22H17Cl3F2N4O4S/c1-12-14(23)8-6-10-15(12)34-19-17(26)20(29-11-28-19)35-16-9-5-4-7-13(16)18(30-33-3)21(32)31(2)36-22(24,25)27/h4-11H,1-3H3/b30-18-. The number of nitrogens with zero attached hydrogens (tertiary/aromatic N) is 4. The molecule has 0 saturated carbocycles. The molecule has 2 aromatic carbocycles. The summed E-state index contributed by atoms with van der Waals surface area (Å²) in [6, 6.07) is 10.9. The zero-order valence-corrected chi connectivity index (χ0v) is 21.9. The van der Waals surface area contributed by atoms with Crippen molar-refractivity contribution in [1.29, 1.82) is 0 Å². The van der Waals surface area contributed by atoms with Gasteiger partial charge in [-0.15, -0.1) is 0 Å². The van der Waals surface area contributed by atoms with Crippen molar-refractivity contribution in [2.75, 3.05) is 14.2 Å². The average molecular weight is 578 g/mol. The maximum Gasteiger partial charge on any atom is 0.323 e. The molecular formula is C22H17Cl3F2N4O4S. The number of aromatic nitrogens is 2. The van der Waals surface area contributed by atoms with Gasteiger partial charge in [-0.05, 0) is 31.2 Å². The van der Waals surface area contributed by atoms with Crippen LogP contribution >= 0.6 is 46.8 Å². The Morgan fingerprint density at radius 3 is 2.33 bits per heavy atom. The van der Waals surface area contributed by atoms with Gasteiger partial charge in [0.1, 0.15) is 24.9 Å². The fourth-order valence-electron chi connectivity index (χ4n) is 2.78. The number of carbonyl (C=O) groups is 1. The first-order valence-electron chi connectivity index (χ1n) is 9.87. The quantitative estimate of drug-likeness (QED) is 0.121. The lowest BCUT2D eigenvalue weighted by Gasteiger charge is -2.20. The van der Waals surface area contributed by atoms with Crippen LogP contribution in [0.3, 0.4) is 0 Å². The van der Waals surface area contributed by atoms with Crippen LogP contribution in [0.1, 0.15) is 11.1 Å². The van der Waals surface area contributed by atoms with E-state index in [9.17, 15) is 9.18 Å². The van der Waals surface area contributed by atoms with E-state index in [2.05, 4.69) is 15.1 Å². The van der Waals surface area contributed by atoms with E-state index in [4.69, 9.17) is 49.1 Å². The highest BCUT2D eigenvalue weighted by Gasteiger charge is 2.32. The first-order valence-corrected chi connectivity index (χ1v) is 11.8. The number of hydrogen-bond donors (Lipinski definition) is 0. The molecule has 0 atom stereocenters. The van der Waals surface area contributed by atoms with Gasteiger partial charge >= 0.3 is 3.92 Å². The summed E-state index contributed by atoms with van der Waals surface area (Å²) in [7, 11) is 2.43. The molecule has 0 saturated heterocycles. The van der Waals surface area contributed by atoms with E-state index in [-0.39, 0.29) is 34.7 Å². The number of ether oxygens (including phenoxy) is 2. The molecule has 0 fully saturated rings. The monoisotopic (exact) mass is 576 g/mol. The second kappa shape index (κ2) is 11.9. The van der Waals surface area contributed by atoms with E-state index in [1.165, 1.54) is 26.3 Å². The predicted octanol–water partition coefficient (Wildman–Crippen LogP) is 6.68. The Labute approximate surface area is 224 Å². The Balaban J connectivity index is 1.95. The van der Waals surface area contributed by atoms with Crippen molar-refractivity contribution < 1.29 is 27.9 Å². The maximum absolute atomic E-state index is 15.2. The molecule has 3 aromatic rings. The highest BCUT2D eigenvalue weighted by atomic mass is 35.5. The van der Waals surface area contributed by atoms with Gasteiger partial charge in [0.2, 0.25) is 5.82 Å². The minimum absolute atomic E-state index is 0.0224. The van der Waals surface area contributed by atoms with Crippen LogP contribution in [0.5, 0.6) is 23.3 Å². The van der Waals surface area contributed by atoms with Crippen molar-refractivity contribution in [3.63, 3.8) is 0 Å². The third-order valence-electron chi connectivity index (χ3n) is 4.41. The summed E-state index contributed by atoms with van der Waals surface area (Å²) >= 11 is 17.0. The molecule has 190 valence electrons. The van der Waals surface area contributed by atoms with Crippen LogP contribution in [0.4, 0.5) is 8.78 Å². The number of carbonyl (C=O) groups excluding carboxylic acids is 1. The lowest BCUT2D eigenvalue weighted by atomic mass is 10.1. The van der Waals surface area contributed by atoms with E-state index in [1.54, 1.807) is 37.3 Å². The number of rotatable bonds is 9. The van der Waals surface area contributed by atoms with E-state index in [1.807, 2.05) is 0 Å². The zero-order chi connectivity index (χ0) is 26.5. The molecule has 36 heavy (non-hydrogen) atoms. The summed E-state index contributed by atoms with van der Waals surface area (Å²) in [6.07, 6.45) is 1.04. The normalized spacial score (nSPS) is 11.7. The molecule has 0 aliphatic carbocycles. The molecule has 0 bridgehead atoms. The van der Waals surface area contributed by atoms with Gasteiger partial charge in [0.05, 0.1) is 5.56 Å². The van der Waals surface area contributed by atoms with Crippen molar-refractivity contribution >= 4 is 58.4 Å². The van der Waals surface area contributed by atoms with E-state index >= 15 is 4.39 Å². The highest BCUT2D eigenvalue weighted by Crippen LogP contribution is 2.38. The van der Waals surface area contributed by atoms with Gasteiger partial charge in [0.25, 0.3) is 17.7 Å². The highest BCUT2D eigenvalue weighted by molar-refractivity contribution is 8.01. The molecule has 0 aliphatic rings. The molecule has 1 amide bonds. The van der Waals surface area contributed by atoms with Crippen molar-refractivity contribution in [1.82, 2.24) is 14.3 Å². The third kappa shape index (κ3) is 6.88. The molecule has 1 heterocycles. The summed E-state index contributed by atoms with van der Waals surface area (Å²) in [6.45, 7) is 1.70. The third-order valence-corrected chi connectivity index (χ3v) is 5.88. The Kier molecular flexibility index (Phi) is 9.18.